The number of thioether (sulfide) groups is 1. The number of hydrogen-bond donors (Lipinski definition) is 2. The van der Waals surface area contributed by atoms with Gasteiger partial charge in [-0.3, -0.25) is 4.79 Å². The quantitative estimate of drug-likeness (QED) is 0.818. The second-order valence-electron chi connectivity index (χ2n) is 6.44. The molecule has 2 aliphatic heterocycles. The Morgan fingerprint density at radius 1 is 1.30 bits per heavy atom. The zero-order chi connectivity index (χ0) is 14.3. The first kappa shape index (κ1) is 14.2. The lowest BCUT2D eigenvalue weighted by Crippen LogP contribution is -2.54. The molecular formula is C14H22N2O3S. The summed E-state index contributed by atoms with van der Waals surface area (Å²) >= 11 is 1.66. The molecule has 2 N–H and O–H groups in total. The van der Waals surface area contributed by atoms with E-state index in [1.165, 1.54) is 0 Å². The van der Waals surface area contributed by atoms with Crippen molar-refractivity contribution < 1.29 is 14.7 Å². The first-order chi connectivity index (χ1) is 9.53. The molecule has 0 radical (unpaired) electrons. The van der Waals surface area contributed by atoms with Crippen LogP contribution in [0.2, 0.25) is 0 Å². The zero-order valence-corrected chi connectivity index (χ0v) is 12.6. The smallest absolute Gasteiger partial charge is 0.327 e. The molecule has 2 heterocycles. The number of rotatable bonds is 3. The molecule has 1 aliphatic carbocycles. The van der Waals surface area contributed by atoms with Crippen molar-refractivity contribution in [3.63, 3.8) is 0 Å². The molecule has 2 saturated heterocycles. The van der Waals surface area contributed by atoms with Gasteiger partial charge in [0.15, 0.2) is 0 Å². The third kappa shape index (κ3) is 2.44. The zero-order valence-electron chi connectivity index (χ0n) is 11.8. The number of hydrogen-bond acceptors (Lipinski definition) is 4. The minimum Gasteiger partial charge on any atom is -0.480 e. The number of aliphatic carboxylic acids is 1. The Labute approximate surface area is 123 Å². The highest BCUT2D eigenvalue weighted by atomic mass is 32.2. The highest BCUT2D eigenvalue weighted by Gasteiger charge is 2.51. The maximum absolute atomic E-state index is 13.0. The van der Waals surface area contributed by atoms with Gasteiger partial charge in [0.05, 0.1) is 5.37 Å². The second-order valence-corrected chi connectivity index (χ2v) is 7.59. The number of nitrogens with one attached hydrogen (secondary N) is 1. The minimum atomic E-state index is -0.855. The van der Waals surface area contributed by atoms with E-state index in [1.54, 1.807) is 16.7 Å². The lowest BCUT2D eigenvalue weighted by molar-refractivity contribution is -0.155. The summed E-state index contributed by atoms with van der Waals surface area (Å²) in [5, 5.41) is 12.8. The maximum Gasteiger partial charge on any atom is 0.327 e. The monoisotopic (exact) mass is 298 g/mol. The van der Waals surface area contributed by atoms with Crippen LogP contribution in [0.3, 0.4) is 0 Å². The Morgan fingerprint density at radius 2 is 1.95 bits per heavy atom. The summed E-state index contributed by atoms with van der Waals surface area (Å²) in [5.74, 6) is 0.259. The summed E-state index contributed by atoms with van der Waals surface area (Å²) < 4.78 is 0. The number of amides is 1. The van der Waals surface area contributed by atoms with E-state index >= 15 is 0 Å². The first-order valence-corrected chi connectivity index (χ1v) is 8.46. The van der Waals surface area contributed by atoms with Gasteiger partial charge in [0, 0.05) is 11.2 Å². The fraction of sp³-hybridized carbons (Fsp3) is 0.857. The first-order valence-electron chi connectivity index (χ1n) is 7.41. The van der Waals surface area contributed by atoms with Crippen LogP contribution in [-0.4, -0.2) is 52.1 Å². The van der Waals surface area contributed by atoms with Gasteiger partial charge in [-0.25, -0.2) is 4.79 Å². The second kappa shape index (κ2) is 5.22. The molecule has 0 spiro atoms. The van der Waals surface area contributed by atoms with Crippen LogP contribution >= 0.6 is 11.8 Å². The van der Waals surface area contributed by atoms with Gasteiger partial charge in [-0.05, 0) is 44.7 Å². The van der Waals surface area contributed by atoms with Crippen LogP contribution in [0.5, 0.6) is 0 Å². The van der Waals surface area contributed by atoms with Crippen LogP contribution in [0.1, 0.15) is 32.6 Å². The van der Waals surface area contributed by atoms with E-state index in [0.717, 1.165) is 38.8 Å². The van der Waals surface area contributed by atoms with Gasteiger partial charge in [-0.1, -0.05) is 6.92 Å². The van der Waals surface area contributed by atoms with E-state index in [4.69, 9.17) is 0 Å². The number of carbonyl (C=O) groups excluding carboxylic acids is 1. The van der Waals surface area contributed by atoms with Crippen LogP contribution in [0, 0.1) is 11.3 Å². The summed E-state index contributed by atoms with van der Waals surface area (Å²) in [5.41, 5.74) is -0.392. The summed E-state index contributed by atoms with van der Waals surface area (Å²) in [6.07, 6.45) is 3.87. The predicted molar refractivity (Wildman–Crippen MR) is 77.5 cm³/mol. The maximum atomic E-state index is 13.0. The lowest BCUT2D eigenvalue weighted by atomic mass is 9.79. The Balaban J connectivity index is 1.83. The van der Waals surface area contributed by atoms with Crippen molar-refractivity contribution in [3.05, 3.63) is 0 Å². The van der Waals surface area contributed by atoms with Crippen LogP contribution < -0.4 is 5.32 Å². The third-order valence-corrected chi connectivity index (χ3v) is 6.26. The van der Waals surface area contributed by atoms with E-state index < -0.39 is 17.4 Å². The molecule has 5 nitrogen and oxygen atoms in total. The molecule has 20 heavy (non-hydrogen) atoms. The molecule has 0 aromatic rings. The molecule has 3 rings (SSSR count). The molecule has 2 unspecified atom stereocenters. The molecular weight excluding hydrogens is 276 g/mol. The molecule has 0 aromatic carbocycles. The number of piperidine rings is 1. The highest BCUT2D eigenvalue weighted by Crippen LogP contribution is 2.47. The van der Waals surface area contributed by atoms with Crippen molar-refractivity contribution in [2.75, 3.05) is 18.8 Å². The average Bonchev–Trinajstić information content (AvgIpc) is 3.17. The summed E-state index contributed by atoms with van der Waals surface area (Å²) in [6, 6.07) is -0.634. The van der Waals surface area contributed by atoms with Crippen molar-refractivity contribution >= 4 is 23.6 Å². The van der Waals surface area contributed by atoms with Gasteiger partial charge in [-0.15, -0.1) is 11.8 Å². The number of carboxylic acids is 1. The van der Waals surface area contributed by atoms with Gasteiger partial charge in [0.1, 0.15) is 6.04 Å². The van der Waals surface area contributed by atoms with E-state index in [1.807, 2.05) is 6.92 Å². The average molecular weight is 298 g/mol. The molecule has 1 saturated carbocycles. The fourth-order valence-electron chi connectivity index (χ4n) is 3.22. The Morgan fingerprint density at radius 3 is 2.50 bits per heavy atom. The largest absolute Gasteiger partial charge is 0.480 e. The normalized spacial score (nSPS) is 33.1. The van der Waals surface area contributed by atoms with E-state index in [0.29, 0.717) is 11.7 Å². The Kier molecular flexibility index (Phi) is 3.71. The summed E-state index contributed by atoms with van der Waals surface area (Å²) in [4.78, 5) is 26.2. The Bertz CT molecular complexity index is 419. The van der Waals surface area contributed by atoms with Crippen molar-refractivity contribution in [1.82, 2.24) is 10.2 Å². The predicted octanol–water partition coefficient (Wildman–Crippen LogP) is 1.14. The minimum absolute atomic E-state index is 0.0632. The third-order valence-electron chi connectivity index (χ3n) is 4.80. The topological polar surface area (TPSA) is 69.6 Å². The van der Waals surface area contributed by atoms with Crippen LogP contribution in [0.25, 0.3) is 0 Å². The van der Waals surface area contributed by atoms with E-state index in [9.17, 15) is 14.7 Å². The summed E-state index contributed by atoms with van der Waals surface area (Å²) in [7, 11) is 0. The van der Waals surface area contributed by atoms with Crippen LogP contribution in [0.4, 0.5) is 0 Å². The fourth-order valence-corrected chi connectivity index (χ4v) is 4.85. The van der Waals surface area contributed by atoms with Crippen LogP contribution in [0.15, 0.2) is 0 Å². The molecule has 2 atom stereocenters. The molecule has 6 heteroatoms. The van der Waals surface area contributed by atoms with E-state index in [2.05, 4.69) is 5.32 Å². The van der Waals surface area contributed by atoms with Gasteiger partial charge >= 0.3 is 5.97 Å². The molecule has 1 amide bonds. The molecule has 3 aliphatic rings. The van der Waals surface area contributed by atoms with Gasteiger partial charge in [-0.2, -0.15) is 0 Å². The number of nitrogens with zero attached hydrogens (tertiary/aromatic N) is 1. The molecule has 0 aromatic heterocycles. The van der Waals surface area contributed by atoms with Gasteiger partial charge in [0.2, 0.25) is 5.91 Å². The lowest BCUT2D eigenvalue weighted by Gasteiger charge is -2.39. The number of carboxylic acid groups (broad SMARTS) is 1. The SMILES string of the molecule is CC1(C(=O)N2C(C(=O)O)CSC2C2CC2)CCNCC1. The van der Waals surface area contributed by atoms with Crippen LogP contribution in [-0.2, 0) is 9.59 Å². The molecule has 0 bridgehead atoms. The molecule has 3 fully saturated rings. The van der Waals surface area contributed by atoms with Gasteiger partial charge in [0.25, 0.3) is 0 Å². The van der Waals surface area contributed by atoms with Crippen molar-refractivity contribution in [1.29, 1.82) is 0 Å². The van der Waals surface area contributed by atoms with Crippen molar-refractivity contribution in [2.24, 2.45) is 11.3 Å². The summed E-state index contributed by atoms with van der Waals surface area (Å²) in [6.45, 7) is 3.69. The highest BCUT2D eigenvalue weighted by molar-refractivity contribution is 8.00. The van der Waals surface area contributed by atoms with E-state index in [-0.39, 0.29) is 11.3 Å². The number of carbonyl (C=O) groups is 2. The standard InChI is InChI=1S/C14H22N2O3S/c1-14(4-6-15-7-5-14)13(19)16-10(12(17)18)8-20-11(16)9-2-3-9/h9-11,15H,2-8H2,1H3,(H,17,18). The molecule has 112 valence electrons. The van der Waals surface area contributed by atoms with Crippen molar-refractivity contribution in [2.45, 2.75) is 44.0 Å². The van der Waals surface area contributed by atoms with Gasteiger partial charge < -0.3 is 15.3 Å². The van der Waals surface area contributed by atoms with Crippen molar-refractivity contribution in [3.8, 4) is 0 Å². The Hall–Kier alpha value is -0.750.